The molecule has 0 radical (unpaired) electrons. The van der Waals surface area contributed by atoms with Crippen molar-refractivity contribution < 1.29 is 9.59 Å². The Morgan fingerprint density at radius 2 is 1.75 bits per heavy atom. The molecule has 0 saturated carbocycles. The van der Waals surface area contributed by atoms with Gasteiger partial charge in [-0.2, -0.15) is 0 Å². The van der Waals surface area contributed by atoms with Crippen molar-refractivity contribution in [1.29, 1.82) is 0 Å². The first-order chi connectivity index (χ1) is 11.7. The number of piperidine rings is 1. The lowest BCUT2D eigenvalue weighted by Crippen LogP contribution is -2.41. The topological polar surface area (TPSA) is 62.3 Å². The SMILES string of the molecule is O=C(NCC1CCN(C(=O)c2ccccn2)CC1)c1ccccc1. The lowest BCUT2D eigenvalue weighted by molar-refractivity contribution is 0.0678. The van der Waals surface area contributed by atoms with Crippen LogP contribution < -0.4 is 5.32 Å². The van der Waals surface area contributed by atoms with E-state index in [1.54, 1.807) is 18.3 Å². The Balaban J connectivity index is 1.46. The fourth-order valence-corrected chi connectivity index (χ4v) is 2.92. The molecule has 0 unspecified atom stereocenters. The average Bonchev–Trinajstić information content (AvgIpc) is 2.67. The quantitative estimate of drug-likeness (QED) is 0.939. The van der Waals surface area contributed by atoms with Crippen molar-refractivity contribution in [2.24, 2.45) is 5.92 Å². The minimum Gasteiger partial charge on any atom is -0.352 e. The van der Waals surface area contributed by atoms with Gasteiger partial charge in [0.25, 0.3) is 11.8 Å². The smallest absolute Gasteiger partial charge is 0.272 e. The van der Waals surface area contributed by atoms with Gasteiger partial charge in [-0.3, -0.25) is 14.6 Å². The van der Waals surface area contributed by atoms with Crippen LogP contribution in [0.3, 0.4) is 0 Å². The lowest BCUT2D eigenvalue weighted by Gasteiger charge is -2.31. The Morgan fingerprint density at radius 1 is 1.04 bits per heavy atom. The maximum atomic E-state index is 12.4. The maximum absolute atomic E-state index is 12.4. The van der Waals surface area contributed by atoms with Crippen LogP contribution >= 0.6 is 0 Å². The van der Waals surface area contributed by atoms with Crippen LogP contribution in [0.5, 0.6) is 0 Å². The van der Waals surface area contributed by atoms with Gasteiger partial charge < -0.3 is 10.2 Å². The minimum absolute atomic E-state index is 0.0117. The summed E-state index contributed by atoms with van der Waals surface area (Å²) >= 11 is 0. The third-order valence-electron chi connectivity index (χ3n) is 4.37. The number of benzene rings is 1. The van der Waals surface area contributed by atoms with Crippen molar-refractivity contribution in [3.8, 4) is 0 Å². The molecule has 3 rings (SSSR count). The molecule has 0 bridgehead atoms. The first kappa shape index (κ1) is 16.2. The average molecular weight is 323 g/mol. The highest BCUT2D eigenvalue weighted by Gasteiger charge is 2.24. The molecular weight excluding hydrogens is 302 g/mol. The number of likely N-dealkylation sites (tertiary alicyclic amines) is 1. The van der Waals surface area contributed by atoms with Crippen LogP contribution in [0.25, 0.3) is 0 Å². The zero-order chi connectivity index (χ0) is 16.8. The van der Waals surface area contributed by atoms with E-state index in [4.69, 9.17) is 0 Å². The van der Waals surface area contributed by atoms with Crippen LogP contribution in [0.2, 0.25) is 0 Å². The number of carbonyl (C=O) groups is 2. The van der Waals surface area contributed by atoms with E-state index in [0.29, 0.717) is 36.8 Å². The Morgan fingerprint density at radius 3 is 2.42 bits per heavy atom. The van der Waals surface area contributed by atoms with E-state index in [2.05, 4.69) is 10.3 Å². The second-order valence-electron chi connectivity index (χ2n) is 6.03. The number of nitrogens with zero attached hydrogens (tertiary/aromatic N) is 2. The van der Waals surface area contributed by atoms with Crippen molar-refractivity contribution in [1.82, 2.24) is 15.2 Å². The normalized spacial score (nSPS) is 15.1. The summed E-state index contributed by atoms with van der Waals surface area (Å²) in [5.41, 5.74) is 1.17. The highest BCUT2D eigenvalue weighted by molar-refractivity contribution is 5.94. The van der Waals surface area contributed by atoms with E-state index in [1.165, 1.54) is 0 Å². The number of hydrogen-bond donors (Lipinski definition) is 1. The van der Waals surface area contributed by atoms with E-state index < -0.39 is 0 Å². The van der Waals surface area contributed by atoms with Gasteiger partial charge in [0.2, 0.25) is 0 Å². The van der Waals surface area contributed by atoms with Gasteiger partial charge >= 0.3 is 0 Å². The molecule has 0 aliphatic carbocycles. The molecule has 1 aromatic heterocycles. The summed E-state index contributed by atoms with van der Waals surface area (Å²) in [7, 11) is 0. The van der Waals surface area contributed by atoms with E-state index in [0.717, 1.165) is 12.8 Å². The first-order valence-corrected chi connectivity index (χ1v) is 8.27. The Bertz CT molecular complexity index is 680. The molecule has 2 aromatic rings. The number of hydrogen-bond acceptors (Lipinski definition) is 3. The summed E-state index contributed by atoms with van der Waals surface area (Å²) < 4.78 is 0. The Kier molecular flexibility index (Phi) is 5.21. The van der Waals surface area contributed by atoms with Crippen LogP contribution in [-0.2, 0) is 0 Å². The van der Waals surface area contributed by atoms with E-state index >= 15 is 0 Å². The zero-order valence-electron chi connectivity index (χ0n) is 13.5. The van der Waals surface area contributed by atoms with Crippen molar-refractivity contribution >= 4 is 11.8 Å². The Labute approximate surface area is 141 Å². The van der Waals surface area contributed by atoms with Gasteiger partial charge in [0.05, 0.1) is 0 Å². The number of pyridine rings is 1. The van der Waals surface area contributed by atoms with Gasteiger partial charge in [-0.15, -0.1) is 0 Å². The van der Waals surface area contributed by atoms with E-state index in [-0.39, 0.29) is 11.8 Å². The predicted molar refractivity (Wildman–Crippen MR) is 91.6 cm³/mol. The number of rotatable bonds is 4. The maximum Gasteiger partial charge on any atom is 0.272 e. The largest absolute Gasteiger partial charge is 0.352 e. The second-order valence-corrected chi connectivity index (χ2v) is 6.03. The molecular formula is C19H21N3O2. The highest BCUT2D eigenvalue weighted by Crippen LogP contribution is 2.18. The standard InChI is InChI=1S/C19H21N3O2/c23-18(16-6-2-1-3-7-16)21-14-15-9-12-22(13-10-15)19(24)17-8-4-5-11-20-17/h1-8,11,15H,9-10,12-14H2,(H,21,23). The van der Waals surface area contributed by atoms with Crippen LogP contribution in [0.4, 0.5) is 0 Å². The molecule has 5 heteroatoms. The summed E-state index contributed by atoms with van der Waals surface area (Å²) in [6.45, 7) is 2.07. The third-order valence-corrected chi connectivity index (χ3v) is 4.37. The molecule has 0 spiro atoms. The fraction of sp³-hybridized carbons (Fsp3) is 0.316. The van der Waals surface area contributed by atoms with Gasteiger partial charge in [-0.25, -0.2) is 0 Å². The van der Waals surface area contributed by atoms with Gasteiger partial charge in [0.15, 0.2) is 0 Å². The molecule has 1 N–H and O–H groups in total. The van der Waals surface area contributed by atoms with Crippen LogP contribution in [0, 0.1) is 5.92 Å². The number of aromatic nitrogens is 1. The summed E-state index contributed by atoms with van der Waals surface area (Å²) in [6, 6.07) is 14.6. The number of nitrogens with one attached hydrogen (secondary N) is 1. The van der Waals surface area contributed by atoms with Crippen LogP contribution in [-0.4, -0.2) is 41.3 Å². The third kappa shape index (κ3) is 3.98. The summed E-state index contributed by atoms with van der Waals surface area (Å²) in [6.07, 6.45) is 3.43. The predicted octanol–water partition coefficient (Wildman–Crippen LogP) is 2.36. The molecule has 1 fully saturated rings. The lowest BCUT2D eigenvalue weighted by atomic mass is 9.96. The molecule has 24 heavy (non-hydrogen) atoms. The number of amides is 2. The van der Waals surface area contributed by atoms with Gasteiger partial charge in [-0.05, 0) is 43.0 Å². The van der Waals surface area contributed by atoms with Crippen molar-refractivity contribution in [2.45, 2.75) is 12.8 Å². The molecule has 124 valence electrons. The molecule has 2 heterocycles. The van der Waals surface area contributed by atoms with E-state index in [9.17, 15) is 9.59 Å². The molecule has 2 amide bonds. The van der Waals surface area contributed by atoms with E-state index in [1.807, 2.05) is 41.3 Å². The molecule has 1 aromatic carbocycles. The minimum atomic E-state index is -0.0393. The van der Waals surface area contributed by atoms with Gasteiger partial charge in [-0.1, -0.05) is 24.3 Å². The van der Waals surface area contributed by atoms with Crippen LogP contribution in [0.15, 0.2) is 54.7 Å². The second kappa shape index (κ2) is 7.73. The summed E-state index contributed by atoms with van der Waals surface area (Å²) in [4.78, 5) is 30.4. The van der Waals surface area contributed by atoms with Crippen molar-refractivity contribution in [3.63, 3.8) is 0 Å². The van der Waals surface area contributed by atoms with Crippen molar-refractivity contribution in [2.75, 3.05) is 19.6 Å². The summed E-state index contributed by atoms with van der Waals surface area (Å²) in [5.74, 6) is 0.357. The van der Waals surface area contributed by atoms with Gasteiger partial charge in [0.1, 0.15) is 5.69 Å². The first-order valence-electron chi connectivity index (χ1n) is 8.27. The molecule has 1 aliphatic rings. The highest BCUT2D eigenvalue weighted by atomic mass is 16.2. The molecule has 5 nitrogen and oxygen atoms in total. The van der Waals surface area contributed by atoms with Crippen molar-refractivity contribution in [3.05, 3.63) is 66.0 Å². The Hall–Kier alpha value is -2.69. The number of carbonyl (C=O) groups excluding carboxylic acids is 2. The summed E-state index contributed by atoms with van der Waals surface area (Å²) in [5, 5.41) is 2.99. The fourth-order valence-electron chi connectivity index (χ4n) is 2.92. The van der Waals surface area contributed by atoms with Crippen LogP contribution in [0.1, 0.15) is 33.7 Å². The molecule has 1 saturated heterocycles. The molecule has 1 aliphatic heterocycles. The van der Waals surface area contributed by atoms with Gasteiger partial charge in [0, 0.05) is 31.4 Å². The monoisotopic (exact) mass is 323 g/mol. The molecule has 0 atom stereocenters. The zero-order valence-corrected chi connectivity index (χ0v) is 13.5.